The van der Waals surface area contributed by atoms with E-state index >= 15 is 0 Å². The van der Waals surface area contributed by atoms with Gasteiger partial charge in [0.1, 0.15) is 4.88 Å². The van der Waals surface area contributed by atoms with Crippen LogP contribution in [-0.4, -0.2) is 21.8 Å². The number of carbonyl (C=O) groups is 1. The van der Waals surface area contributed by atoms with Crippen LogP contribution in [0.25, 0.3) is 0 Å². The summed E-state index contributed by atoms with van der Waals surface area (Å²) in [5.74, 6) is 0.110. The van der Waals surface area contributed by atoms with Crippen molar-refractivity contribution in [2.75, 3.05) is 5.75 Å². The Balaban J connectivity index is 1.86. The molecule has 2 rings (SSSR count). The molecule has 0 fully saturated rings. The van der Waals surface area contributed by atoms with Crippen molar-refractivity contribution in [1.82, 2.24) is 4.98 Å². The fourth-order valence-corrected chi connectivity index (χ4v) is 4.09. The monoisotopic (exact) mass is 285 g/mol. The highest BCUT2D eigenvalue weighted by Crippen LogP contribution is 2.26. The minimum absolute atomic E-state index is 0.404. The Kier molecular flexibility index (Phi) is 4.20. The minimum atomic E-state index is -0.847. The van der Waals surface area contributed by atoms with Crippen molar-refractivity contribution in [2.24, 2.45) is 0 Å². The van der Waals surface area contributed by atoms with Crippen LogP contribution in [0.4, 0.5) is 0 Å². The van der Waals surface area contributed by atoms with Crippen molar-refractivity contribution in [2.45, 2.75) is 18.2 Å². The van der Waals surface area contributed by atoms with E-state index in [0.29, 0.717) is 4.88 Å². The third-order valence-corrected chi connectivity index (χ3v) is 5.27. The van der Waals surface area contributed by atoms with Crippen molar-refractivity contribution in [3.8, 4) is 0 Å². The van der Waals surface area contributed by atoms with Crippen LogP contribution in [-0.2, 0) is 6.42 Å². The normalized spacial score (nSPS) is 10.6. The van der Waals surface area contributed by atoms with Crippen LogP contribution in [0.5, 0.6) is 0 Å². The number of carboxylic acids is 1. The van der Waals surface area contributed by atoms with E-state index in [4.69, 9.17) is 5.11 Å². The van der Waals surface area contributed by atoms with Crippen LogP contribution in [0.1, 0.15) is 20.2 Å². The molecule has 0 radical (unpaired) electrons. The quantitative estimate of drug-likeness (QED) is 0.854. The van der Waals surface area contributed by atoms with E-state index in [1.807, 2.05) is 17.8 Å². The fraction of sp³-hybridized carbons (Fsp3) is 0.273. The number of thiazole rings is 1. The first kappa shape index (κ1) is 12.6. The van der Waals surface area contributed by atoms with Gasteiger partial charge in [-0.15, -0.1) is 34.4 Å². The molecule has 2 heterocycles. The topological polar surface area (TPSA) is 50.2 Å². The lowest BCUT2D eigenvalue weighted by Crippen LogP contribution is -1.90. The summed E-state index contributed by atoms with van der Waals surface area (Å²) in [5.41, 5.74) is 2.97. The molecule has 0 aliphatic heterocycles. The predicted molar refractivity (Wildman–Crippen MR) is 72.6 cm³/mol. The average molecular weight is 285 g/mol. The van der Waals surface area contributed by atoms with E-state index in [1.165, 1.54) is 16.2 Å². The summed E-state index contributed by atoms with van der Waals surface area (Å²) in [7, 11) is 0. The molecule has 6 heteroatoms. The largest absolute Gasteiger partial charge is 0.477 e. The first-order valence-electron chi connectivity index (χ1n) is 5.00. The highest BCUT2D eigenvalue weighted by molar-refractivity contribution is 7.99. The van der Waals surface area contributed by atoms with Crippen molar-refractivity contribution in [3.05, 3.63) is 32.4 Å². The molecule has 0 saturated heterocycles. The maximum Gasteiger partial charge on any atom is 0.345 e. The smallest absolute Gasteiger partial charge is 0.345 e. The van der Waals surface area contributed by atoms with Gasteiger partial charge in [0.15, 0.2) is 0 Å². The second-order valence-corrected chi connectivity index (χ2v) is 6.43. The molecule has 0 unspecified atom stereocenters. The van der Waals surface area contributed by atoms with E-state index in [1.54, 1.807) is 29.2 Å². The number of thioether (sulfide) groups is 1. The number of nitrogens with zero attached hydrogens (tertiary/aromatic N) is 1. The van der Waals surface area contributed by atoms with Gasteiger partial charge in [-0.1, -0.05) is 0 Å². The lowest BCUT2D eigenvalue weighted by molar-refractivity contribution is 0.0702. The van der Waals surface area contributed by atoms with Gasteiger partial charge in [-0.05, 0) is 19.4 Å². The van der Waals surface area contributed by atoms with Crippen LogP contribution >= 0.6 is 34.4 Å². The van der Waals surface area contributed by atoms with Gasteiger partial charge in [-0.3, -0.25) is 0 Å². The standard InChI is InChI=1S/C11H11NO2S3/c1-7-9(17-6-12-7)2-3-15-8-4-10(11(13)14)16-5-8/h4-6H,2-3H2,1H3,(H,13,14). The highest BCUT2D eigenvalue weighted by Gasteiger charge is 2.07. The molecular weight excluding hydrogens is 274 g/mol. The second-order valence-electron chi connectivity index (χ2n) is 3.41. The van der Waals surface area contributed by atoms with Gasteiger partial charge < -0.3 is 5.11 Å². The van der Waals surface area contributed by atoms with Crippen molar-refractivity contribution < 1.29 is 9.90 Å². The number of hydrogen-bond acceptors (Lipinski definition) is 5. The Labute approximate surface area is 112 Å². The van der Waals surface area contributed by atoms with Crippen LogP contribution < -0.4 is 0 Å². The number of aromatic nitrogens is 1. The molecule has 3 nitrogen and oxygen atoms in total. The zero-order valence-electron chi connectivity index (χ0n) is 9.17. The SMILES string of the molecule is Cc1ncsc1CCSc1csc(C(=O)O)c1. The van der Waals surface area contributed by atoms with E-state index in [-0.39, 0.29) is 0 Å². The van der Waals surface area contributed by atoms with Crippen LogP contribution in [0.15, 0.2) is 21.9 Å². The van der Waals surface area contributed by atoms with Gasteiger partial charge in [0.2, 0.25) is 0 Å². The van der Waals surface area contributed by atoms with Gasteiger partial charge in [0.05, 0.1) is 11.2 Å². The van der Waals surface area contributed by atoms with E-state index in [9.17, 15) is 4.79 Å². The number of rotatable bonds is 5. The molecule has 2 aromatic heterocycles. The van der Waals surface area contributed by atoms with Gasteiger partial charge in [-0.25, -0.2) is 9.78 Å². The lowest BCUT2D eigenvalue weighted by Gasteiger charge is -1.97. The van der Waals surface area contributed by atoms with Gasteiger partial charge in [0, 0.05) is 20.9 Å². The Bertz CT molecular complexity index is 518. The Hall–Kier alpha value is -0.850. The Morgan fingerprint density at radius 2 is 2.35 bits per heavy atom. The summed E-state index contributed by atoms with van der Waals surface area (Å²) in [5, 5.41) is 10.7. The van der Waals surface area contributed by atoms with Crippen LogP contribution in [0.3, 0.4) is 0 Å². The molecule has 0 amide bonds. The molecule has 0 aromatic carbocycles. The number of aromatic carboxylic acids is 1. The molecule has 0 aliphatic carbocycles. The second kappa shape index (κ2) is 5.66. The zero-order chi connectivity index (χ0) is 12.3. The Morgan fingerprint density at radius 3 is 2.94 bits per heavy atom. The van der Waals surface area contributed by atoms with Gasteiger partial charge >= 0.3 is 5.97 Å². The van der Waals surface area contributed by atoms with Gasteiger partial charge in [0.25, 0.3) is 0 Å². The molecule has 1 N–H and O–H groups in total. The summed E-state index contributed by atoms with van der Waals surface area (Å²) >= 11 is 4.65. The fourth-order valence-electron chi connectivity index (χ4n) is 1.33. The highest BCUT2D eigenvalue weighted by atomic mass is 32.2. The van der Waals surface area contributed by atoms with Crippen molar-refractivity contribution in [3.63, 3.8) is 0 Å². The number of carboxylic acid groups (broad SMARTS) is 1. The molecule has 0 aliphatic rings. The number of thiophene rings is 1. The van der Waals surface area contributed by atoms with Crippen LogP contribution in [0.2, 0.25) is 0 Å². The van der Waals surface area contributed by atoms with E-state index in [2.05, 4.69) is 4.98 Å². The minimum Gasteiger partial charge on any atom is -0.477 e. The summed E-state index contributed by atoms with van der Waals surface area (Å²) in [6, 6.07) is 1.73. The molecule has 0 bridgehead atoms. The first-order valence-corrected chi connectivity index (χ1v) is 7.75. The molecule has 0 saturated carbocycles. The van der Waals surface area contributed by atoms with Crippen molar-refractivity contribution in [1.29, 1.82) is 0 Å². The third kappa shape index (κ3) is 3.31. The lowest BCUT2D eigenvalue weighted by atomic mass is 10.3. The van der Waals surface area contributed by atoms with Gasteiger partial charge in [-0.2, -0.15) is 0 Å². The Morgan fingerprint density at radius 1 is 1.53 bits per heavy atom. The third-order valence-electron chi connectivity index (χ3n) is 2.23. The average Bonchev–Trinajstić information content (AvgIpc) is 2.89. The maximum atomic E-state index is 10.7. The molecular formula is C11H11NO2S3. The molecule has 0 atom stereocenters. The zero-order valence-corrected chi connectivity index (χ0v) is 11.6. The molecule has 17 heavy (non-hydrogen) atoms. The maximum absolute atomic E-state index is 10.7. The van der Waals surface area contributed by atoms with E-state index in [0.717, 1.165) is 22.8 Å². The van der Waals surface area contributed by atoms with Crippen molar-refractivity contribution >= 4 is 40.4 Å². The first-order chi connectivity index (χ1) is 8.16. The summed E-state index contributed by atoms with van der Waals surface area (Å²) < 4.78 is 0. The van der Waals surface area contributed by atoms with Crippen LogP contribution in [0, 0.1) is 6.92 Å². The number of hydrogen-bond donors (Lipinski definition) is 1. The predicted octanol–water partition coefficient (Wildman–Crippen LogP) is 3.55. The van der Waals surface area contributed by atoms with E-state index < -0.39 is 5.97 Å². The summed E-state index contributed by atoms with van der Waals surface area (Å²) in [6.07, 6.45) is 0.986. The molecule has 0 spiro atoms. The summed E-state index contributed by atoms with van der Waals surface area (Å²) in [6.45, 7) is 2.02. The summed E-state index contributed by atoms with van der Waals surface area (Å²) in [4.78, 5) is 17.7. The molecule has 2 aromatic rings. The molecule has 90 valence electrons. The number of aryl methyl sites for hydroxylation is 2.